The fraction of sp³-hybridized carbons (Fsp3) is 0.200. The predicted molar refractivity (Wildman–Crippen MR) is 122 cm³/mol. The van der Waals surface area contributed by atoms with Crippen molar-refractivity contribution in [3.63, 3.8) is 0 Å². The Morgan fingerprint density at radius 3 is 2.34 bits per heavy atom. The van der Waals surface area contributed by atoms with Crippen molar-refractivity contribution in [2.75, 3.05) is 14.1 Å². The second-order valence-electron chi connectivity index (χ2n) is 7.70. The Morgan fingerprint density at radius 1 is 0.931 bits per heavy atom. The van der Waals surface area contributed by atoms with Crippen LogP contribution in [0.1, 0.15) is 16.8 Å². The molecular formula is C25H24ClN3. The van der Waals surface area contributed by atoms with Gasteiger partial charge in [0.1, 0.15) is 0 Å². The minimum absolute atomic E-state index is 0.751. The van der Waals surface area contributed by atoms with Crippen molar-refractivity contribution in [3.05, 3.63) is 82.8 Å². The highest BCUT2D eigenvalue weighted by Gasteiger charge is 2.17. The lowest BCUT2D eigenvalue weighted by molar-refractivity contribution is 0.397. The second kappa shape index (κ2) is 7.94. The molecule has 4 heteroatoms. The SMILES string of the molecule is Cc1cc2nc(CN(C)C)cc(-c3ccccc3Cl)c2c(C)c1-c1ccncc1. The van der Waals surface area contributed by atoms with Crippen LogP contribution in [-0.4, -0.2) is 29.0 Å². The summed E-state index contributed by atoms with van der Waals surface area (Å²) in [6, 6.07) is 16.5. The number of hydrogen-bond acceptors (Lipinski definition) is 3. The standard InChI is InChI=1S/C25H24ClN3/c1-16-13-23-25(17(2)24(16)18-9-11-27-12-10-18)21(14-19(28-23)15-29(3)4)20-7-5-6-8-22(20)26/h5-14H,15H2,1-4H3. The highest BCUT2D eigenvalue weighted by atomic mass is 35.5. The molecule has 0 amide bonds. The molecule has 0 atom stereocenters. The third-order valence-electron chi connectivity index (χ3n) is 5.21. The van der Waals surface area contributed by atoms with Crippen molar-refractivity contribution in [2.45, 2.75) is 20.4 Å². The molecule has 0 aliphatic carbocycles. The summed E-state index contributed by atoms with van der Waals surface area (Å²) in [6.45, 7) is 5.11. The van der Waals surface area contributed by atoms with Crippen LogP contribution in [0.25, 0.3) is 33.2 Å². The lowest BCUT2D eigenvalue weighted by Gasteiger charge is -2.19. The Morgan fingerprint density at radius 2 is 1.66 bits per heavy atom. The van der Waals surface area contributed by atoms with Gasteiger partial charge >= 0.3 is 0 Å². The molecule has 0 N–H and O–H groups in total. The third-order valence-corrected chi connectivity index (χ3v) is 5.54. The summed E-state index contributed by atoms with van der Waals surface area (Å²) in [7, 11) is 4.12. The normalized spacial score (nSPS) is 11.4. The Kier molecular flexibility index (Phi) is 5.35. The lowest BCUT2D eigenvalue weighted by atomic mass is 9.89. The molecule has 0 saturated carbocycles. The van der Waals surface area contributed by atoms with Crippen LogP contribution in [0.2, 0.25) is 5.02 Å². The zero-order valence-electron chi connectivity index (χ0n) is 17.2. The minimum atomic E-state index is 0.751. The molecule has 2 heterocycles. The number of pyridine rings is 2. The van der Waals surface area contributed by atoms with E-state index >= 15 is 0 Å². The van der Waals surface area contributed by atoms with Gasteiger partial charge in [-0.05, 0) is 86.1 Å². The summed E-state index contributed by atoms with van der Waals surface area (Å²) in [5, 5.41) is 1.90. The van der Waals surface area contributed by atoms with Gasteiger partial charge in [0.2, 0.25) is 0 Å². The number of benzene rings is 2. The maximum Gasteiger partial charge on any atom is 0.0717 e. The van der Waals surface area contributed by atoms with Crippen molar-refractivity contribution >= 4 is 22.5 Å². The predicted octanol–water partition coefficient (Wildman–Crippen LogP) is 6.30. The average Bonchev–Trinajstić information content (AvgIpc) is 2.68. The van der Waals surface area contributed by atoms with Gasteiger partial charge in [0.15, 0.2) is 0 Å². The molecule has 0 aliphatic heterocycles. The molecule has 0 saturated heterocycles. The Labute approximate surface area is 177 Å². The molecule has 4 aromatic rings. The van der Waals surface area contributed by atoms with E-state index in [4.69, 9.17) is 16.6 Å². The van der Waals surface area contributed by atoms with Crippen molar-refractivity contribution in [1.82, 2.24) is 14.9 Å². The van der Waals surface area contributed by atoms with E-state index in [1.54, 1.807) is 0 Å². The monoisotopic (exact) mass is 401 g/mol. The number of aromatic nitrogens is 2. The largest absolute Gasteiger partial charge is 0.304 e. The summed E-state index contributed by atoms with van der Waals surface area (Å²) >= 11 is 6.62. The molecular weight excluding hydrogens is 378 g/mol. The van der Waals surface area contributed by atoms with Crippen molar-refractivity contribution < 1.29 is 0 Å². The van der Waals surface area contributed by atoms with Gasteiger partial charge in [-0.25, -0.2) is 0 Å². The van der Waals surface area contributed by atoms with Crippen molar-refractivity contribution in [1.29, 1.82) is 0 Å². The molecule has 0 spiro atoms. The van der Waals surface area contributed by atoms with Crippen LogP contribution in [0.3, 0.4) is 0 Å². The molecule has 146 valence electrons. The quantitative estimate of drug-likeness (QED) is 0.402. The Bertz CT molecular complexity index is 1180. The van der Waals surface area contributed by atoms with E-state index in [1.165, 1.54) is 22.3 Å². The van der Waals surface area contributed by atoms with Gasteiger partial charge in [-0.15, -0.1) is 0 Å². The summed E-state index contributed by atoms with van der Waals surface area (Å²) in [5.41, 5.74) is 9.03. The molecule has 0 fully saturated rings. The molecule has 29 heavy (non-hydrogen) atoms. The first-order valence-electron chi connectivity index (χ1n) is 9.69. The van der Waals surface area contributed by atoms with Gasteiger partial charge in [-0.1, -0.05) is 29.8 Å². The molecule has 2 aromatic heterocycles. The smallest absolute Gasteiger partial charge is 0.0717 e. The van der Waals surface area contributed by atoms with E-state index in [0.29, 0.717) is 0 Å². The molecule has 0 bridgehead atoms. The number of hydrogen-bond donors (Lipinski definition) is 0. The van der Waals surface area contributed by atoms with Gasteiger partial charge in [0.25, 0.3) is 0 Å². The topological polar surface area (TPSA) is 29.0 Å². The van der Waals surface area contributed by atoms with Crippen LogP contribution >= 0.6 is 11.6 Å². The zero-order valence-corrected chi connectivity index (χ0v) is 18.0. The van der Waals surface area contributed by atoms with Gasteiger partial charge < -0.3 is 4.90 Å². The molecule has 4 rings (SSSR count). The maximum absolute atomic E-state index is 6.62. The van der Waals surface area contributed by atoms with Gasteiger partial charge in [-0.2, -0.15) is 0 Å². The Hall–Kier alpha value is -2.75. The Balaban J connectivity index is 2.09. The minimum Gasteiger partial charge on any atom is -0.304 e. The van der Waals surface area contributed by atoms with Gasteiger partial charge in [0.05, 0.1) is 11.2 Å². The van der Waals surface area contributed by atoms with E-state index in [9.17, 15) is 0 Å². The maximum atomic E-state index is 6.62. The summed E-state index contributed by atoms with van der Waals surface area (Å²) in [4.78, 5) is 11.3. The highest BCUT2D eigenvalue weighted by Crippen LogP contribution is 2.40. The second-order valence-corrected chi connectivity index (χ2v) is 8.11. The van der Waals surface area contributed by atoms with E-state index < -0.39 is 0 Å². The number of aryl methyl sites for hydroxylation is 2. The van der Waals surface area contributed by atoms with Crippen LogP contribution in [0.15, 0.2) is 60.9 Å². The third kappa shape index (κ3) is 3.76. The first-order valence-corrected chi connectivity index (χ1v) is 10.1. The first kappa shape index (κ1) is 19.6. The summed E-state index contributed by atoms with van der Waals surface area (Å²) < 4.78 is 0. The summed E-state index contributed by atoms with van der Waals surface area (Å²) in [6.07, 6.45) is 3.68. The fourth-order valence-corrected chi connectivity index (χ4v) is 4.31. The molecule has 0 radical (unpaired) electrons. The first-order chi connectivity index (χ1) is 14.0. The fourth-order valence-electron chi connectivity index (χ4n) is 4.08. The molecule has 0 aliphatic rings. The van der Waals surface area contributed by atoms with Crippen molar-refractivity contribution in [3.8, 4) is 22.3 Å². The number of halogens is 1. The van der Waals surface area contributed by atoms with Gasteiger partial charge in [0, 0.05) is 34.9 Å². The van der Waals surface area contributed by atoms with E-state index in [1.807, 2.05) is 30.6 Å². The van der Waals surface area contributed by atoms with Crippen LogP contribution in [-0.2, 0) is 6.54 Å². The molecule has 3 nitrogen and oxygen atoms in total. The number of rotatable bonds is 4. The number of fused-ring (bicyclic) bond motifs is 1. The van der Waals surface area contributed by atoms with E-state index in [-0.39, 0.29) is 0 Å². The highest BCUT2D eigenvalue weighted by molar-refractivity contribution is 6.33. The summed E-state index contributed by atoms with van der Waals surface area (Å²) in [5.74, 6) is 0. The zero-order chi connectivity index (χ0) is 20.5. The molecule has 2 aromatic carbocycles. The van der Waals surface area contributed by atoms with Crippen molar-refractivity contribution in [2.24, 2.45) is 0 Å². The average molecular weight is 402 g/mol. The van der Waals surface area contributed by atoms with E-state index in [2.05, 4.69) is 68.2 Å². The number of nitrogens with zero attached hydrogens (tertiary/aromatic N) is 3. The molecule has 0 unspecified atom stereocenters. The van der Waals surface area contributed by atoms with Crippen LogP contribution in [0.4, 0.5) is 0 Å². The van der Waals surface area contributed by atoms with Gasteiger partial charge in [-0.3, -0.25) is 9.97 Å². The van der Waals surface area contributed by atoms with Crippen LogP contribution < -0.4 is 0 Å². The van der Waals surface area contributed by atoms with E-state index in [0.717, 1.165) is 39.3 Å². The lowest BCUT2D eigenvalue weighted by Crippen LogP contribution is -2.12. The van der Waals surface area contributed by atoms with Crippen LogP contribution in [0, 0.1) is 13.8 Å². The van der Waals surface area contributed by atoms with Crippen LogP contribution in [0.5, 0.6) is 0 Å².